The van der Waals surface area contributed by atoms with Crippen molar-refractivity contribution in [2.75, 3.05) is 12.0 Å². The Hall–Kier alpha value is -3.15. The molecular formula is C20H18FN3O2. The van der Waals surface area contributed by atoms with Gasteiger partial charge in [0, 0.05) is 11.7 Å². The summed E-state index contributed by atoms with van der Waals surface area (Å²) in [4.78, 5) is 15.0. The summed E-state index contributed by atoms with van der Waals surface area (Å²) in [5.41, 5.74) is 2.94. The van der Waals surface area contributed by atoms with Gasteiger partial charge in [-0.25, -0.2) is 9.07 Å². The molecule has 132 valence electrons. The lowest BCUT2D eigenvalue weighted by atomic mass is 10.1. The molecule has 26 heavy (non-hydrogen) atoms. The monoisotopic (exact) mass is 351 g/mol. The van der Waals surface area contributed by atoms with E-state index in [1.54, 1.807) is 23.2 Å². The molecule has 0 N–H and O–H groups in total. The van der Waals surface area contributed by atoms with E-state index in [1.807, 2.05) is 31.2 Å². The van der Waals surface area contributed by atoms with E-state index in [4.69, 9.17) is 4.74 Å². The highest BCUT2D eigenvalue weighted by atomic mass is 19.1. The van der Waals surface area contributed by atoms with E-state index in [0.29, 0.717) is 11.4 Å². The van der Waals surface area contributed by atoms with Gasteiger partial charge >= 0.3 is 0 Å². The van der Waals surface area contributed by atoms with Gasteiger partial charge in [-0.3, -0.25) is 4.79 Å². The van der Waals surface area contributed by atoms with Crippen LogP contribution in [0, 0.1) is 5.82 Å². The third-order valence-corrected chi connectivity index (χ3v) is 4.62. The predicted octanol–water partition coefficient (Wildman–Crippen LogP) is 3.61. The maximum absolute atomic E-state index is 13.2. The van der Waals surface area contributed by atoms with Gasteiger partial charge in [0.15, 0.2) is 11.4 Å². The van der Waals surface area contributed by atoms with Crippen molar-refractivity contribution in [1.29, 1.82) is 0 Å². The zero-order valence-electron chi connectivity index (χ0n) is 14.5. The molecule has 0 aliphatic carbocycles. The number of carbonyl (C=O) groups is 1. The smallest absolute Gasteiger partial charge is 0.282 e. The fourth-order valence-electron chi connectivity index (χ4n) is 3.37. The van der Waals surface area contributed by atoms with Gasteiger partial charge in [0.05, 0.1) is 19.0 Å². The molecule has 0 radical (unpaired) electrons. The first-order valence-electron chi connectivity index (χ1n) is 8.39. The first-order chi connectivity index (χ1) is 12.6. The molecule has 1 aliphatic rings. The van der Waals surface area contributed by atoms with Crippen molar-refractivity contribution in [2.24, 2.45) is 0 Å². The maximum Gasteiger partial charge on any atom is 0.282 e. The quantitative estimate of drug-likeness (QED) is 0.724. The topological polar surface area (TPSA) is 47.4 Å². The molecule has 0 saturated carbocycles. The minimum absolute atomic E-state index is 0.0422. The normalized spacial score (nSPS) is 15.8. The number of hydrogen-bond donors (Lipinski definition) is 0. The van der Waals surface area contributed by atoms with Crippen LogP contribution in [0.25, 0.3) is 5.69 Å². The molecule has 3 aromatic rings. The summed E-state index contributed by atoms with van der Waals surface area (Å²) in [5.74, 6) is -0.150. The lowest BCUT2D eigenvalue weighted by Crippen LogP contribution is -2.36. The van der Waals surface area contributed by atoms with Crippen LogP contribution in [0.2, 0.25) is 0 Å². The minimum atomic E-state index is -0.327. The molecule has 6 heteroatoms. The van der Waals surface area contributed by atoms with Crippen molar-refractivity contribution in [3.8, 4) is 11.4 Å². The number of methoxy groups -OCH3 is 1. The van der Waals surface area contributed by atoms with Gasteiger partial charge in [-0.1, -0.05) is 18.2 Å². The molecule has 4 rings (SSSR count). The van der Waals surface area contributed by atoms with Crippen molar-refractivity contribution in [2.45, 2.75) is 19.4 Å². The average Bonchev–Trinajstić information content (AvgIpc) is 3.22. The molecule has 0 spiro atoms. The van der Waals surface area contributed by atoms with Gasteiger partial charge in [0.25, 0.3) is 5.91 Å². The number of ether oxygens (including phenoxy) is 1. The van der Waals surface area contributed by atoms with E-state index in [-0.39, 0.29) is 23.5 Å². The molecule has 2 aromatic carbocycles. The number of fused-ring (bicyclic) bond motifs is 1. The summed E-state index contributed by atoms with van der Waals surface area (Å²) in [7, 11) is 1.50. The average molecular weight is 351 g/mol. The summed E-state index contributed by atoms with van der Waals surface area (Å²) >= 11 is 0. The molecule has 1 amide bonds. The molecule has 0 saturated heterocycles. The third kappa shape index (κ3) is 2.63. The second-order valence-corrected chi connectivity index (χ2v) is 6.32. The second-order valence-electron chi connectivity index (χ2n) is 6.32. The van der Waals surface area contributed by atoms with Crippen molar-refractivity contribution < 1.29 is 13.9 Å². The zero-order chi connectivity index (χ0) is 18.3. The molecular weight excluding hydrogens is 333 g/mol. The number of amides is 1. The van der Waals surface area contributed by atoms with Gasteiger partial charge in [-0.15, -0.1) is 0 Å². The number of para-hydroxylation sites is 1. The van der Waals surface area contributed by atoms with Gasteiger partial charge in [-0.2, -0.15) is 5.10 Å². The molecule has 2 heterocycles. The number of carbonyl (C=O) groups excluding carboxylic acids is 1. The third-order valence-electron chi connectivity index (χ3n) is 4.62. The molecule has 0 fully saturated rings. The van der Waals surface area contributed by atoms with Crippen LogP contribution in [0.1, 0.15) is 23.0 Å². The van der Waals surface area contributed by atoms with Crippen LogP contribution in [-0.4, -0.2) is 28.8 Å². The first kappa shape index (κ1) is 16.3. The van der Waals surface area contributed by atoms with Crippen molar-refractivity contribution in [1.82, 2.24) is 9.78 Å². The summed E-state index contributed by atoms with van der Waals surface area (Å²) in [6.07, 6.45) is 2.44. The number of nitrogens with zero attached hydrogens (tertiary/aromatic N) is 3. The van der Waals surface area contributed by atoms with Crippen LogP contribution in [0.15, 0.2) is 54.7 Å². The Balaban J connectivity index is 1.73. The minimum Gasteiger partial charge on any atom is -0.493 e. The molecule has 1 unspecified atom stereocenters. The first-order valence-corrected chi connectivity index (χ1v) is 8.39. The van der Waals surface area contributed by atoms with E-state index >= 15 is 0 Å². The highest BCUT2D eigenvalue weighted by Crippen LogP contribution is 2.34. The van der Waals surface area contributed by atoms with E-state index in [9.17, 15) is 9.18 Å². The number of benzene rings is 2. The van der Waals surface area contributed by atoms with Crippen molar-refractivity contribution in [3.05, 3.63) is 71.8 Å². The number of halogens is 1. The van der Waals surface area contributed by atoms with Crippen molar-refractivity contribution >= 4 is 11.6 Å². The van der Waals surface area contributed by atoms with Gasteiger partial charge in [0.2, 0.25) is 0 Å². The Labute approximate surface area is 150 Å². The second kappa shape index (κ2) is 6.29. The fourth-order valence-corrected chi connectivity index (χ4v) is 3.37. The molecule has 5 nitrogen and oxygen atoms in total. The summed E-state index contributed by atoms with van der Waals surface area (Å²) in [5, 5.41) is 4.41. The van der Waals surface area contributed by atoms with Crippen LogP contribution < -0.4 is 9.64 Å². The Morgan fingerprint density at radius 2 is 1.92 bits per heavy atom. The lowest BCUT2D eigenvalue weighted by molar-refractivity contribution is 0.0973. The molecule has 1 aliphatic heterocycles. The van der Waals surface area contributed by atoms with Gasteiger partial charge < -0.3 is 9.64 Å². The van der Waals surface area contributed by atoms with Crippen LogP contribution in [-0.2, 0) is 6.42 Å². The largest absolute Gasteiger partial charge is 0.493 e. The summed E-state index contributed by atoms with van der Waals surface area (Å²) in [6, 6.07) is 13.8. The zero-order valence-corrected chi connectivity index (χ0v) is 14.5. The molecule has 1 aromatic heterocycles. The van der Waals surface area contributed by atoms with Crippen LogP contribution in [0.5, 0.6) is 5.75 Å². The van der Waals surface area contributed by atoms with E-state index in [2.05, 4.69) is 5.10 Å². The lowest BCUT2D eigenvalue weighted by Gasteiger charge is -2.22. The Kier molecular flexibility index (Phi) is 3.95. The highest BCUT2D eigenvalue weighted by molar-refractivity contribution is 6.08. The fraction of sp³-hybridized carbons (Fsp3) is 0.200. The maximum atomic E-state index is 13.2. The van der Waals surface area contributed by atoms with Crippen molar-refractivity contribution in [3.63, 3.8) is 0 Å². The predicted molar refractivity (Wildman–Crippen MR) is 96.5 cm³/mol. The SMILES string of the molecule is COc1cn(-c2ccc(F)cc2)nc1C(=O)N1c2ccccc2CC1C. The number of aromatic nitrogens is 2. The Morgan fingerprint density at radius 3 is 2.65 bits per heavy atom. The Morgan fingerprint density at radius 1 is 1.19 bits per heavy atom. The van der Waals surface area contributed by atoms with Gasteiger partial charge in [0.1, 0.15) is 5.82 Å². The van der Waals surface area contributed by atoms with Gasteiger partial charge in [-0.05, 0) is 49.2 Å². The number of rotatable bonds is 3. The van der Waals surface area contributed by atoms with Crippen LogP contribution >= 0.6 is 0 Å². The van der Waals surface area contributed by atoms with Crippen LogP contribution in [0.4, 0.5) is 10.1 Å². The molecule has 0 bridgehead atoms. The van der Waals surface area contributed by atoms with E-state index in [0.717, 1.165) is 17.7 Å². The van der Waals surface area contributed by atoms with E-state index in [1.165, 1.54) is 23.9 Å². The van der Waals surface area contributed by atoms with Crippen LogP contribution in [0.3, 0.4) is 0 Å². The number of hydrogen-bond acceptors (Lipinski definition) is 3. The standard InChI is InChI=1S/C20H18FN3O2/c1-13-11-14-5-3-4-6-17(14)24(13)20(25)19-18(26-2)12-23(22-19)16-9-7-15(21)8-10-16/h3-10,12-13H,11H2,1-2H3. The highest BCUT2D eigenvalue weighted by Gasteiger charge is 2.34. The number of anilines is 1. The summed E-state index contributed by atoms with van der Waals surface area (Å²) < 4.78 is 20.1. The molecule has 1 atom stereocenters. The summed E-state index contributed by atoms with van der Waals surface area (Å²) in [6.45, 7) is 2.02. The Bertz CT molecular complexity index is 965. The van der Waals surface area contributed by atoms with E-state index < -0.39 is 0 Å².